The van der Waals surface area contributed by atoms with Crippen LogP contribution >= 0.6 is 0 Å². The molecule has 1 unspecified atom stereocenters. The van der Waals surface area contributed by atoms with Crippen molar-refractivity contribution in [3.8, 4) is 11.5 Å². The number of hydrogen-bond acceptors (Lipinski definition) is 4. The van der Waals surface area contributed by atoms with Crippen LogP contribution in [0.3, 0.4) is 0 Å². The third-order valence-electron chi connectivity index (χ3n) is 5.68. The van der Waals surface area contributed by atoms with E-state index < -0.39 is 15.7 Å². The van der Waals surface area contributed by atoms with Crippen LogP contribution in [0.4, 0.5) is 0 Å². The Morgan fingerprint density at radius 3 is 2.32 bits per heavy atom. The quantitative estimate of drug-likeness (QED) is 0.705. The van der Waals surface area contributed by atoms with Crippen molar-refractivity contribution in [2.24, 2.45) is 0 Å². The molecule has 0 bridgehead atoms. The van der Waals surface area contributed by atoms with Gasteiger partial charge in [-0.2, -0.15) is 8.42 Å². The van der Waals surface area contributed by atoms with E-state index in [1.165, 1.54) is 0 Å². The molecular formula is C22H28O5S. The van der Waals surface area contributed by atoms with E-state index in [-0.39, 0.29) is 11.7 Å². The lowest BCUT2D eigenvalue weighted by Gasteiger charge is -2.26. The lowest BCUT2D eigenvalue weighted by molar-refractivity contribution is 0.107. The summed E-state index contributed by atoms with van der Waals surface area (Å²) in [5.41, 5.74) is 4.51. The second-order valence-electron chi connectivity index (χ2n) is 8.05. The van der Waals surface area contributed by atoms with Crippen LogP contribution in [0, 0.1) is 20.8 Å². The first-order valence-corrected chi connectivity index (χ1v) is 11.1. The molecule has 0 fully saturated rings. The van der Waals surface area contributed by atoms with Crippen LogP contribution in [0.1, 0.15) is 54.0 Å². The molecule has 0 radical (unpaired) electrons. The lowest BCUT2D eigenvalue weighted by atomic mass is 9.81. The van der Waals surface area contributed by atoms with Gasteiger partial charge in [-0.3, -0.25) is 4.55 Å². The Bertz CT molecular complexity index is 978. The zero-order chi connectivity index (χ0) is 20.7. The van der Waals surface area contributed by atoms with Crippen LogP contribution in [0.2, 0.25) is 0 Å². The van der Waals surface area contributed by atoms with Crippen molar-refractivity contribution < 1.29 is 22.4 Å². The first-order chi connectivity index (χ1) is 13.0. The zero-order valence-corrected chi connectivity index (χ0v) is 17.9. The topological polar surface area (TPSA) is 72.8 Å². The maximum absolute atomic E-state index is 11.3. The van der Waals surface area contributed by atoms with Crippen LogP contribution in [0.25, 0.3) is 0 Å². The fourth-order valence-electron chi connectivity index (χ4n) is 4.05. The number of rotatable bonds is 6. The van der Waals surface area contributed by atoms with E-state index in [0.717, 1.165) is 39.3 Å². The minimum atomic E-state index is -4.04. The maximum Gasteiger partial charge on any atom is 0.264 e. The normalized spacial score (nSPS) is 17.9. The molecule has 3 rings (SSSR count). The number of fused-ring (bicyclic) bond motifs is 1. The predicted octanol–water partition coefficient (Wildman–Crippen LogP) is 4.72. The first kappa shape index (κ1) is 20.7. The van der Waals surface area contributed by atoms with E-state index >= 15 is 0 Å². The number of hydrogen-bond donors (Lipinski definition) is 1. The molecule has 0 saturated heterocycles. The summed E-state index contributed by atoms with van der Waals surface area (Å²) in [4.78, 5) is 0. The Hall–Kier alpha value is -2.05. The minimum absolute atomic E-state index is 0.150. The summed E-state index contributed by atoms with van der Waals surface area (Å²) in [6.45, 7) is 10.4. The summed E-state index contributed by atoms with van der Waals surface area (Å²) in [5.74, 6) is 1.18. The van der Waals surface area contributed by atoms with Gasteiger partial charge in [0.25, 0.3) is 10.1 Å². The van der Waals surface area contributed by atoms with Gasteiger partial charge in [-0.1, -0.05) is 30.3 Å². The molecule has 5 nitrogen and oxygen atoms in total. The van der Waals surface area contributed by atoms with E-state index in [1.807, 2.05) is 65.0 Å². The standard InChI is InChI=1S/C22H28O5S/c1-14-15(2)21-19(18(22(4,5)27-21)11-12-28(23,24)25)16(3)20(14)26-13-17-9-7-6-8-10-17/h6-10,18H,11-13H2,1-5H3,(H,23,24,25). The van der Waals surface area contributed by atoms with Crippen LogP contribution in [0.5, 0.6) is 11.5 Å². The Morgan fingerprint density at radius 1 is 1.07 bits per heavy atom. The molecule has 1 aliphatic rings. The highest BCUT2D eigenvalue weighted by atomic mass is 32.2. The van der Waals surface area contributed by atoms with Crippen molar-refractivity contribution in [3.63, 3.8) is 0 Å². The van der Waals surface area contributed by atoms with E-state index in [0.29, 0.717) is 13.0 Å². The van der Waals surface area contributed by atoms with E-state index in [4.69, 9.17) is 9.47 Å². The molecule has 1 N–H and O–H groups in total. The van der Waals surface area contributed by atoms with Gasteiger partial charge in [-0.15, -0.1) is 0 Å². The van der Waals surface area contributed by atoms with Crippen molar-refractivity contribution in [3.05, 3.63) is 58.1 Å². The average Bonchev–Trinajstić information content (AvgIpc) is 2.89. The van der Waals surface area contributed by atoms with Gasteiger partial charge in [-0.05, 0) is 63.3 Å². The van der Waals surface area contributed by atoms with E-state index in [2.05, 4.69) is 0 Å². The summed E-state index contributed by atoms with van der Waals surface area (Å²) in [5, 5.41) is 0. The van der Waals surface area contributed by atoms with Gasteiger partial charge in [-0.25, -0.2) is 0 Å². The Morgan fingerprint density at radius 2 is 1.71 bits per heavy atom. The van der Waals surface area contributed by atoms with Crippen molar-refractivity contribution in [2.45, 2.75) is 59.2 Å². The smallest absolute Gasteiger partial charge is 0.264 e. The van der Waals surface area contributed by atoms with Gasteiger partial charge >= 0.3 is 0 Å². The van der Waals surface area contributed by atoms with Gasteiger partial charge in [0.05, 0.1) is 5.75 Å². The van der Waals surface area contributed by atoms with E-state index in [9.17, 15) is 13.0 Å². The second kappa shape index (κ2) is 7.41. The molecule has 0 saturated carbocycles. The van der Waals surface area contributed by atoms with Crippen molar-refractivity contribution in [2.75, 3.05) is 5.75 Å². The highest BCUT2D eigenvalue weighted by Gasteiger charge is 2.44. The molecule has 0 amide bonds. The Kier molecular flexibility index (Phi) is 5.47. The third-order valence-corrected chi connectivity index (χ3v) is 6.43. The Balaban J connectivity index is 2.00. The highest BCUT2D eigenvalue weighted by molar-refractivity contribution is 7.85. The average molecular weight is 405 g/mol. The van der Waals surface area contributed by atoms with Crippen LogP contribution in [-0.4, -0.2) is 24.3 Å². The van der Waals surface area contributed by atoms with Crippen molar-refractivity contribution in [1.29, 1.82) is 0 Å². The minimum Gasteiger partial charge on any atom is -0.488 e. The molecule has 0 aromatic heterocycles. The monoisotopic (exact) mass is 404 g/mol. The van der Waals surface area contributed by atoms with Crippen LogP contribution < -0.4 is 9.47 Å². The van der Waals surface area contributed by atoms with Gasteiger partial charge in [0.2, 0.25) is 0 Å². The zero-order valence-electron chi connectivity index (χ0n) is 17.1. The fourth-order valence-corrected chi connectivity index (χ4v) is 4.59. The maximum atomic E-state index is 11.3. The summed E-state index contributed by atoms with van der Waals surface area (Å²) in [6, 6.07) is 9.97. The van der Waals surface area contributed by atoms with Crippen LogP contribution in [0.15, 0.2) is 30.3 Å². The molecule has 0 aliphatic carbocycles. The third kappa shape index (κ3) is 4.03. The van der Waals surface area contributed by atoms with Crippen LogP contribution in [-0.2, 0) is 16.7 Å². The summed E-state index contributed by atoms with van der Waals surface area (Å²) in [6.07, 6.45) is 0.292. The fraction of sp³-hybridized carbons (Fsp3) is 0.455. The molecule has 2 aromatic carbocycles. The number of ether oxygens (including phenoxy) is 2. The molecular weight excluding hydrogens is 376 g/mol. The molecule has 6 heteroatoms. The van der Waals surface area contributed by atoms with Gasteiger partial charge in [0.15, 0.2) is 0 Å². The molecule has 1 aliphatic heterocycles. The lowest BCUT2D eigenvalue weighted by Crippen LogP contribution is -2.31. The predicted molar refractivity (Wildman–Crippen MR) is 110 cm³/mol. The molecule has 0 spiro atoms. The summed E-state index contributed by atoms with van der Waals surface area (Å²) < 4.78 is 44.4. The van der Waals surface area contributed by atoms with Gasteiger partial charge in [0.1, 0.15) is 23.7 Å². The van der Waals surface area contributed by atoms with Crippen molar-refractivity contribution >= 4 is 10.1 Å². The highest BCUT2D eigenvalue weighted by Crippen LogP contribution is 2.53. The molecule has 1 heterocycles. The van der Waals surface area contributed by atoms with Gasteiger partial charge in [0, 0.05) is 11.5 Å². The molecule has 2 aromatic rings. The molecule has 28 heavy (non-hydrogen) atoms. The van der Waals surface area contributed by atoms with E-state index in [1.54, 1.807) is 0 Å². The summed E-state index contributed by atoms with van der Waals surface area (Å²) >= 11 is 0. The molecule has 152 valence electrons. The summed E-state index contributed by atoms with van der Waals surface area (Å²) in [7, 11) is -4.04. The largest absolute Gasteiger partial charge is 0.488 e. The van der Waals surface area contributed by atoms with Gasteiger partial charge < -0.3 is 9.47 Å². The Labute approximate surface area is 167 Å². The first-order valence-electron chi connectivity index (χ1n) is 9.46. The molecule has 1 atom stereocenters. The SMILES string of the molecule is Cc1c(C)c2c(c(C)c1OCc1ccccc1)C(CCS(=O)(=O)O)C(C)(C)O2. The number of benzene rings is 2. The van der Waals surface area contributed by atoms with Crippen molar-refractivity contribution in [1.82, 2.24) is 0 Å². The second-order valence-corrected chi connectivity index (χ2v) is 9.63.